The predicted octanol–water partition coefficient (Wildman–Crippen LogP) is 3.02. The number of benzene rings is 2. The van der Waals surface area contributed by atoms with E-state index >= 15 is 0 Å². The van der Waals surface area contributed by atoms with Crippen LogP contribution in [0.15, 0.2) is 48.5 Å². The van der Waals surface area contributed by atoms with Gasteiger partial charge in [-0.2, -0.15) is 0 Å². The summed E-state index contributed by atoms with van der Waals surface area (Å²) in [7, 11) is -3.24. The maximum Gasteiger partial charge on any atom is 0.229 e. The zero-order valence-electron chi connectivity index (χ0n) is 12.3. The van der Waals surface area contributed by atoms with Crippen LogP contribution in [0, 0.1) is 6.92 Å². The van der Waals surface area contributed by atoms with Crippen LogP contribution in [0.2, 0.25) is 0 Å². The first-order chi connectivity index (χ1) is 9.94. The molecule has 0 radical (unpaired) electrons. The second kappa shape index (κ2) is 6.63. The third-order valence-corrected chi connectivity index (χ3v) is 3.70. The third kappa shape index (κ3) is 5.11. The number of nitrogens with one attached hydrogen (secondary N) is 2. The third-order valence-electron chi connectivity index (χ3n) is 3.11. The molecule has 21 heavy (non-hydrogen) atoms. The van der Waals surface area contributed by atoms with Crippen molar-refractivity contribution in [1.82, 2.24) is 0 Å². The molecule has 0 unspecified atom stereocenters. The Labute approximate surface area is 126 Å². The van der Waals surface area contributed by atoms with Gasteiger partial charge in [0.25, 0.3) is 0 Å². The van der Waals surface area contributed by atoms with Crippen molar-refractivity contribution in [2.75, 3.05) is 22.8 Å². The van der Waals surface area contributed by atoms with Crippen molar-refractivity contribution in [2.45, 2.75) is 13.3 Å². The van der Waals surface area contributed by atoms with Crippen LogP contribution in [0.25, 0.3) is 0 Å². The summed E-state index contributed by atoms with van der Waals surface area (Å²) in [6, 6.07) is 15.9. The minimum Gasteiger partial charge on any atom is -0.385 e. The molecule has 5 heteroatoms. The molecule has 4 nitrogen and oxygen atoms in total. The molecule has 0 atom stereocenters. The summed E-state index contributed by atoms with van der Waals surface area (Å²) in [6.07, 6.45) is 2.10. The molecule has 0 aliphatic rings. The van der Waals surface area contributed by atoms with Crippen molar-refractivity contribution >= 4 is 21.4 Å². The highest BCUT2D eigenvalue weighted by molar-refractivity contribution is 7.92. The van der Waals surface area contributed by atoms with Crippen LogP contribution in [0.1, 0.15) is 11.1 Å². The highest BCUT2D eigenvalue weighted by atomic mass is 32.2. The number of hydrogen-bond donors (Lipinski definition) is 2. The van der Waals surface area contributed by atoms with E-state index < -0.39 is 10.0 Å². The van der Waals surface area contributed by atoms with Crippen molar-refractivity contribution in [3.63, 3.8) is 0 Å². The first-order valence-corrected chi connectivity index (χ1v) is 8.69. The normalized spacial score (nSPS) is 11.1. The van der Waals surface area contributed by atoms with E-state index in [0.717, 1.165) is 30.5 Å². The van der Waals surface area contributed by atoms with E-state index in [2.05, 4.69) is 22.2 Å². The Hall–Kier alpha value is -2.01. The van der Waals surface area contributed by atoms with Gasteiger partial charge in [-0.1, -0.05) is 30.3 Å². The first kappa shape index (κ1) is 15.4. The summed E-state index contributed by atoms with van der Waals surface area (Å²) in [6.45, 7) is 2.72. The van der Waals surface area contributed by atoms with Crippen LogP contribution in [0.3, 0.4) is 0 Å². The first-order valence-electron chi connectivity index (χ1n) is 6.80. The van der Waals surface area contributed by atoms with E-state index in [1.807, 2.05) is 37.3 Å². The lowest BCUT2D eigenvalue weighted by atomic mass is 10.1. The Balaban J connectivity index is 1.94. The largest absolute Gasteiger partial charge is 0.385 e. The quantitative estimate of drug-likeness (QED) is 0.862. The van der Waals surface area contributed by atoms with E-state index in [1.165, 1.54) is 5.56 Å². The predicted molar refractivity (Wildman–Crippen MR) is 88.3 cm³/mol. The average Bonchev–Trinajstić information content (AvgIpc) is 2.42. The second-order valence-electron chi connectivity index (χ2n) is 5.07. The van der Waals surface area contributed by atoms with Gasteiger partial charge in [0, 0.05) is 12.2 Å². The summed E-state index contributed by atoms with van der Waals surface area (Å²) in [4.78, 5) is 0. The molecule has 0 aliphatic carbocycles. The molecule has 2 aromatic carbocycles. The maximum absolute atomic E-state index is 11.2. The minimum atomic E-state index is -3.24. The van der Waals surface area contributed by atoms with Crippen molar-refractivity contribution in [2.24, 2.45) is 0 Å². The van der Waals surface area contributed by atoms with Crippen molar-refractivity contribution in [1.29, 1.82) is 0 Å². The van der Waals surface area contributed by atoms with E-state index in [9.17, 15) is 8.42 Å². The van der Waals surface area contributed by atoms with E-state index in [-0.39, 0.29) is 0 Å². The number of sulfonamides is 1. The zero-order valence-corrected chi connectivity index (χ0v) is 13.1. The van der Waals surface area contributed by atoms with Crippen LogP contribution in [-0.4, -0.2) is 21.2 Å². The Morgan fingerprint density at radius 2 is 1.76 bits per heavy atom. The molecule has 0 saturated carbocycles. The lowest BCUT2D eigenvalue weighted by molar-refractivity contribution is 0.607. The van der Waals surface area contributed by atoms with Crippen LogP contribution >= 0.6 is 0 Å². The minimum absolute atomic E-state index is 0.617. The van der Waals surface area contributed by atoms with Crippen molar-refractivity contribution in [3.05, 3.63) is 59.7 Å². The lowest BCUT2D eigenvalue weighted by Crippen LogP contribution is -2.11. The molecule has 0 saturated heterocycles. The van der Waals surface area contributed by atoms with Crippen molar-refractivity contribution in [3.8, 4) is 0 Å². The van der Waals surface area contributed by atoms with Gasteiger partial charge >= 0.3 is 0 Å². The number of aryl methyl sites for hydroxylation is 1. The summed E-state index contributed by atoms with van der Waals surface area (Å²) >= 11 is 0. The van der Waals surface area contributed by atoms with Gasteiger partial charge in [-0.15, -0.1) is 0 Å². The lowest BCUT2D eigenvalue weighted by Gasteiger charge is -2.11. The molecular formula is C16H20N2O2S. The molecular weight excluding hydrogens is 284 g/mol. The summed E-state index contributed by atoms with van der Waals surface area (Å²) in [5.74, 6) is 0. The van der Waals surface area contributed by atoms with Crippen LogP contribution in [0.4, 0.5) is 11.4 Å². The van der Waals surface area contributed by atoms with Gasteiger partial charge < -0.3 is 5.32 Å². The Kier molecular flexibility index (Phi) is 4.85. The van der Waals surface area contributed by atoms with Gasteiger partial charge in [0.05, 0.1) is 11.9 Å². The molecule has 0 fully saturated rings. The molecule has 2 rings (SSSR count). The van der Waals surface area contributed by atoms with Crippen LogP contribution < -0.4 is 10.0 Å². The maximum atomic E-state index is 11.2. The Morgan fingerprint density at radius 3 is 2.38 bits per heavy atom. The van der Waals surface area contributed by atoms with E-state index in [0.29, 0.717) is 5.69 Å². The SMILES string of the molecule is Cc1cc(NCCc2ccccc2)ccc1NS(C)(=O)=O. The number of anilines is 2. The van der Waals surface area contributed by atoms with E-state index in [1.54, 1.807) is 6.07 Å². The molecule has 2 N–H and O–H groups in total. The molecule has 0 amide bonds. The van der Waals surface area contributed by atoms with Crippen LogP contribution in [-0.2, 0) is 16.4 Å². The average molecular weight is 304 g/mol. The number of rotatable bonds is 6. The second-order valence-corrected chi connectivity index (χ2v) is 6.81. The van der Waals surface area contributed by atoms with Gasteiger partial charge in [0.1, 0.15) is 0 Å². The monoisotopic (exact) mass is 304 g/mol. The van der Waals surface area contributed by atoms with Gasteiger partial charge in [0.15, 0.2) is 0 Å². The highest BCUT2D eigenvalue weighted by Gasteiger charge is 2.05. The summed E-state index contributed by atoms with van der Waals surface area (Å²) in [5.41, 5.74) is 3.79. The van der Waals surface area contributed by atoms with Gasteiger partial charge in [-0.25, -0.2) is 8.42 Å². The van der Waals surface area contributed by atoms with E-state index in [4.69, 9.17) is 0 Å². The molecule has 112 valence electrons. The fraction of sp³-hybridized carbons (Fsp3) is 0.250. The van der Waals surface area contributed by atoms with Gasteiger partial charge in [-0.3, -0.25) is 4.72 Å². The molecule has 0 bridgehead atoms. The Morgan fingerprint density at radius 1 is 1.05 bits per heavy atom. The topological polar surface area (TPSA) is 58.2 Å². The molecule has 0 aromatic heterocycles. The summed E-state index contributed by atoms with van der Waals surface area (Å²) < 4.78 is 25.0. The fourth-order valence-corrected chi connectivity index (χ4v) is 2.71. The highest BCUT2D eigenvalue weighted by Crippen LogP contribution is 2.20. The standard InChI is InChI=1S/C16H20N2O2S/c1-13-12-15(8-9-16(13)18-21(2,19)20)17-11-10-14-6-4-3-5-7-14/h3-9,12,17-18H,10-11H2,1-2H3. The van der Waals surface area contributed by atoms with Gasteiger partial charge in [0.2, 0.25) is 10.0 Å². The molecule has 0 spiro atoms. The van der Waals surface area contributed by atoms with Gasteiger partial charge in [-0.05, 0) is 42.7 Å². The fourth-order valence-electron chi connectivity index (χ4n) is 2.08. The molecule has 2 aromatic rings. The summed E-state index contributed by atoms with van der Waals surface area (Å²) in [5, 5.41) is 3.35. The molecule has 0 heterocycles. The smallest absolute Gasteiger partial charge is 0.229 e. The Bertz CT molecular complexity index is 697. The van der Waals surface area contributed by atoms with Crippen molar-refractivity contribution < 1.29 is 8.42 Å². The zero-order chi connectivity index (χ0) is 15.3. The molecule has 0 aliphatic heterocycles. The number of hydrogen-bond acceptors (Lipinski definition) is 3. The van der Waals surface area contributed by atoms with Crippen LogP contribution in [0.5, 0.6) is 0 Å².